The number of nitrogens with zero attached hydrogens (tertiary/aromatic N) is 1. The first kappa shape index (κ1) is 19.2. The van der Waals surface area contributed by atoms with Crippen molar-refractivity contribution in [2.45, 2.75) is 29.0 Å². The molecule has 9 heteroatoms. The van der Waals surface area contributed by atoms with Crippen LogP contribution in [0.2, 0.25) is 5.02 Å². The van der Waals surface area contributed by atoms with E-state index in [1.54, 1.807) is 13.1 Å². The van der Waals surface area contributed by atoms with E-state index in [-0.39, 0.29) is 9.62 Å². The molecule has 0 radical (unpaired) electrons. The summed E-state index contributed by atoms with van der Waals surface area (Å²) in [6.07, 6.45) is 2.22. The molecule has 1 heterocycles. The maximum Gasteiger partial charge on any atom is 0.247 e. The van der Waals surface area contributed by atoms with Gasteiger partial charge in [0.15, 0.2) is 5.96 Å². The summed E-state index contributed by atoms with van der Waals surface area (Å²) in [6, 6.07) is 11.3. The van der Waals surface area contributed by atoms with Crippen LogP contribution in [-0.2, 0) is 22.0 Å². The second-order valence-electron chi connectivity index (χ2n) is 6.34. The molecular weight excluding hydrogens is 392 g/mol. The normalized spacial score (nSPS) is 16.3. The van der Waals surface area contributed by atoms with Gasteiger partial charge in [-0.15, -0.1) is 11.3 Å². The number of sulfonamides is 1. The number of benzene rings is 1. The molecule has 0 saturated heterocycles. The number of guanidine groups is 1. The fourth-order valence-corrected chi connectivity index (χ4v) is 4.70. The Hall–Kier alpha value is -1.61. The van der Waals surface area contributed by atoms with E-state index >= 15 is 0 Å². The van der Waals surface area contributed by atoms with Crippen molar-refractivity contribution in [2.75, 3.05) is 13.6 Å². The molecule has 26 heavy (non-hydrogen) atoms. The van der Waals surface area contributed by atoms with Gasteiger partial charge in [0.05, 0.1) is 6.54 Å². The molecule has 2 aromatic rings. The Labute approximate surface area is 162 Å². The van der Waals surface area contributed by atoms with Crippen molar-refractivity contribution in [3.05, 3.63) is 51.9 Å². The molecule has 3 rings (SSSR count). The lowest BCUT2D eigenvalue weighted by atomic mass is 9.96. The highest BCUT2D eigenvalue weighted by atomic mass is 35.5. The zero-order chi connectivity index (χ0) is 18.8. The summed E-state index contributed by atoms with van der Waals surface area (Å²) in [5, 5.41) is 12.4. The summed E-state index contributed by atoms with van der Waals surface area (Å²) in [6.45, 7) is 1.24. The van der Waals surface area contributed by atoms with Crippen LogP contribution in [0, 0.1) is 0 Å². The fourth-order valence-electron chi connectivity index (χ4n) is 2.79. The van der Waals surface area contributed by atoms with Gasteiger partial charge < -0.3 is 10.6 Å². The van der Waals surface area contributed by atoms with Gasteiger partial charge in [-0.05, 0) is 42.7 Å². The summed E-state index contributed by atoms with van der Waals surface area (Å²) in [7, 11) is -1.94. The highest BCUT2D eigenvalue weighted by molar-refractivity contribution is 7.91. The number of nitrogens with two attached hydrogens (primary N) is 1. The predicted octanol–water partition coefficient (Wildman–Crippen LogP) is 2.45. The van der Waals surface area contributed by atoms with Crippen LogP contribution < -0.4 is 15.8 Å². The second kappa shape index (κ2) is 7.56. The smallest absolute Gasteiger partial charge is 0.247 e. The minimum atomic E-state index is -3.65. The first-order chi connectivity index (χ1) is 12.3. The van der Waals surface area contributed by atoms with Crippen molar-refractivity contribution in [3.8, 4) is 0 Å². The minimum Gasteiger partial charge on any atom is -0.356 e. The van der Waals surface area contributed by atoms with Crippen LogP contribution in [0.1, 0.15) is 23.3 Å². The third-order valence-corrected chi connectivity index (χ3v) is 7.21. The van der Waals surface area contributed by atoms with Gasteiger partial charge in [0.2, 0.25) is 10.0 Å². The van der Waals surface area contributed by atoms with E-state index in [9.17, 15) is 8.42 Å². The molecule has 1 aliphatic rings. The van der Waals surface area contributed by atoms with Crippen LogP contribution in [0.5, 0.6) is 0 Å². The maximum absolute atomic E-state index is 11.3. The van der Waals surface area contributed by atoms with E-state index in [4.69, 9.17) is 16.7 Å². The standard InChI is InChI=1S/C17H21ClN4O2S2/c1-20-16(21-10-14-5-6-15(25-14)26(19,23)24)22-11-17(7-8-17)12-3-2-4-13(18)9-12/h2-6,9H,7-8,10-11H2,1H3,(H2,19,23,24)(H2,20,21,22). The van der Waals surface area contributed by atoms with Gasteiger partial charge >= 0.3 is 0 Å². The maximum atomic E-state index is 11.3. The molecule has 4 N–H and O–H groups in total. The molecule has 0 amide bonds. The molecule has 0 aliphatic heterocycles. The molecule has 0 atom stereocenters. The topological polar surface area (TPSA) is 96.6 Å². The highest BCUT2D eigenvalue weighted by Crippen LogP contribution is 2.48. The van der Waals surface area contributed by atoms with E-state index in [0.717, 1.165) is 40.6 Å². The van der Waals surface area contributed by atoms with Crippen molar-refractivity contribution in [3.63, 3.8) is 0 Å². The Kier molecular flexibility index (Phi) is 5.57. The zero-order valence-corrected chi connectivity index (χ0v) is 16.7. The van der Waals surface area contributed by atoms with Crippen molar-refractivity contribution >= 4 is 38.9 Å². The Morgan fingerprint density at radius 1 is 1.31 bits per heavy atom. The third-order valence-electron chi connectivity index (χ3n) is 4.46. The van der Waals surface area contributed by atoms with Crippen molar-refractivity contribution < 1.29 is 8.42 Å². The summed E-state index contributed by atoms with van der Waals surface area (Å²) in [5.41, 5.74) is 1.34. The number of rotatable bonds is 6. The van der Waals surface area contributed by atoms with Crippen LogP contribution in [0.25, 0.3) is 0 Å². The van der Waals surface area contributed by atoms with E-state index in [1.165, 1.54) is 11.6 Å². The van der Waals surface area contributed by atoms with Gasteiger partial charge in [0.25, 0.3) is 0 Å². The molecule has 140 valence electrons. The van der Waals surface area contributed by atoms with Crippen LogP contribution in [0.3, 0.4) is 0 Å². The van der Waals surface area contributed by atoms with Gasteiger partial charge in [0, 0.05) is 28.9 Å². The van der Waals surface area contributed by atoms with Crippen LogP contribution in [0.4, 0.5) is 0 Å². The summed E-state index contributed by atoms with van der Waals surface area (Å²) >= 11 is 7.27. The van der Waals surface area contributed by atoms with Crippen molar-refractivity contribution in [1.29, 1.82) is 0 Å². The SMILES string of the molecule is CN=C(NCc1ccc(S(N)(=O)=O)s1)NCC1(c2cccc(Cl)c2)CC1. The molecule has 1 aromatic carbocycles. The van der Waals surface area contributed by atoms with E-state index < -0.39 is 10.0 Å². The Morgan fingerprint density at radius 2 is 2.08 bits per heavy atom. The van der Waals surface area contributed by atoms with E-state index in [0.29, 0.717) is 12.5 Å². The van der Waals surface area contributed by atoms with E-state index in [2.05, 4.69) is 21.7 Å². The zero-order valence-electron chi connectivity index (χ0n) is 14.3. The molecule has 0 spiro atoms. The molecule has 0 unspecified atom stereocenters. The van der Waals surface area contributed by atoms with Gasteiger partial charge in [-0.3, -0.25) is 4.99 Å². The summed E-state index contributed by atoms with van der Waals surface area (Å²) in [5.74, 6) is 0.670. The Morgan fingerprint density at radius 3 is 2.65 bits per heavy atom. The molecule has 1 aromatic heterocycles. The first-order valence-corrected chi connectivity index (χ1v) is 10.9. The highest BCUT2D eigenvalue weighted by Gasteiger charge is 2.44. The van der Waals surface area contributed by atoms with Gasteiger partial charge in [0.1, 0.15) is 4.21 Å². The largest absolute Gasteiger partial charge is 0.356 e. The van der Waals surface area contributed by atoms with Crippen LogP contribution in [0.15, 0.2) is 45.6 Å². The predicted molar refractivity (Wildman–Crippen MR) is 106 cm³/mol. The quantitative estimate of drug-likeness (QED) is 0.501. The van der Waals surface area contributed by atoms with Gasteiger partial charge in [-0.1, -0.05) is 23.7 Å². The fraction of sp³-hybridized carbons (Fsp3) is 0.353. The third kappa shape index (κ3) is 4.56. The van der Waals surface area contributed by atoms with Crippen LogP contribution >= 0.6 is 22.9 Å². The molecule has 1 fully saturated rings. The molecular formula is C17H21ClN4O2S2. The number of halogens is 1. The number of thiophene rings is 1. The number of hydrogen-bond donors (Lipinski definition) is 3. The van der Waals surface area contributed by atoms with Crippen molar-refractivity contribution in [1.82, 2.24) is 10.6 Å². The lowest BCUT2D eigenvalue weighted by Gasteiger charge is -2.19. The number of nitrogens with one attached hydrogen (secondary N) is 2. The molecule has 1 saturated carbocycles. The number of aliphatic imine (C=N–C) groups is 1. The number of primary sulfonamides is 1. The van der Waals surface area contributed by atoms with Crippen molar-refractivity contribution in [2.24, 2.45) is 10.1 Å². The van der Waals surface area contributed by atoms with Crippen LogP contribution in [-0.4, -0.2) is 28.0 Å². The monoisotopic (exact) mass is 412 g/mol. The average Bonchev–Trinajstić information content (AvgIpc) is 3.22. The average molecular weight is 413 g/mol. The summed E-state index contributed by atoms with van der Waals surface area (Å²) in [4.78, 5) is 5.10. The Bertz CT molecular complexity index is 920. The first-order valence-electron chi connectivity index (χ1n) is 8.14. The van der Waals surface area contributed by atoms with Gasteiger partial charge in [-0.2, -0.15) is 0 Å². The minimum absolute atomic E-state index is 0.103. The summed E-state index contributed by atoms with van der Waals surface area (Å²) < 4.78 is 22.8. The second-order valence-corrected chi connectivity index (χ2v) is 9.73. The Balaban J connectivity index is 1.56. The lowest BCUT2D eigenvalue weighted by molar-refractivity contribution is 0.600. The lowest BCUT2D eigenvalue weighted by Crippen LogP contribution is -2.40. The van der Waals surface area contributed by atoms with E-state index in [1.807, 2.05) is 18.2 Å². The number of hydrogen-bond acceptors (Lipinski definition) is 4. The molecule has 1 aliphatic carbocycles. The molecule has 6 nitrogen and oxygen atoms in total. The van der Waals surface area contributed by atoms with Gasteiger partial charge in [-0.25, -0.2) is 13.6 Å². The molecule has 0 bridgehead atoms.